The van der Waals surface area contributed by atoms with Crippen molar-refractivity contribution in [2.45, 2.75) is 12.5 Å². The van der Waals surface area contributed by atoms with Gasteiger partial charge in [-0.05, 0) is 25.1 Å². The molecule has 1 aliphatic rings. The summed E-state index contributed by atoms with van der Waals surface area (Å²) in [6.45, 7) is 2.01. The van der Waals surface area contributed by atoms with Crippen LogP contribution in [-0.2, 0) is 7.05 Å². The first kappa shape index (κ1) is 13.6. The van der Waals surface area contributed by atoms with Crippen LogP contribution in [-0.4, -0.2) is 39.1 Å². The second-order valence-corrected chi connectivity index (χ2v) is 6.09. The number of aromatic amines is 1. The van der Waals surface area contributed by atoms with Crippen LogP contribution in [0.3, 0.4) is 0 Å². The van der Waals surface area contributed by atoms with E-state index in [1.54, 1.807) is 4.68 Å². The lowest BCUT2D eigenvalue weighted by molar-refractivity contribution is 0.768. The zero-order valence-corrected chi connectivity index (χ0v) is 13.0. The average molecular weight is 317 g/mol. The van der Waals surface area contributed by atoms with Crippen LogP contribution >= 0.6 is 11.6 Å². The molecule has 1 aromatic carbocycles. The second-order valence-electron chi connectivity index (χ2n) is 5.69. The van der Waals surface area contributed by atoms with Crippen LogP contribution < -0.4 is 10.6 Å². The van der Waals surface area contributed by atoms with E-state index in [0.29, 0.717) is 11.1 Å². The molecule has 6 nitrogen and oxygen atoms in total. The van der Waals surface area contributed by atoms with Crippen molar-refractivity contribution < 1.29 is 0 Å². The van der Waals surface area contributed by atoms with Gasteiger partial charge in [-0.3, -0.25) is 9.78 Å². The van der Waals surface area contributed by atoms with Crippen LogP contribution in [0.2, 0.25) is 5.02 Å². The Morgan fingerprint density at radius 1 is 1.41 bits per heavy atom. The van der Waals surface area contributed by atoms with Crippen molar-refractivity contribution >= 4 is 28.2 Å². The third kappa shape index (κ3) is 2.34. The van der Waals surface area contributed by atoms with Crippen LogP contribution in [0.15, 0.2) is 24.5 Å². The van der Waals surface area contributed by atoms with Crippen LogP contribution in [0.1, 0.15) is 6.42 Å². The van der Waals surface area contributed by atoms with Crippen molar-refractivity contribution in [1.82, 2.24) is 25.3 Å². The summed E-state index contributed by atoms with van der Waals surface area (Å²) >= 11 is 6.39. The summed E-state index contributed by atoms with van der Waals surface area (Å²) in [5, 5.41) is 20.3. The SMILES string of the molecule is Cn1cc(-c2n[nH]c3cc(Cl)c(N[C@@H]4CCNC4)cc23)cn1. The van der Waals surface area contributed by atoms with Crippen LogP contribution in [0.5, 0.6) is 0 Å². The molecule has 0 saturated carbocycles. The van der Waals surface area contributed by atoms with Gasteiger partial charge in [0.15, 0.2) is 0 Å². The van der Waals surface area contributed by atoms with Gasteiger partial charge in [-0.25, -0.2) is 0 Å². The first-order chi connectivity index (χ1) is 10.7. The third-order valence-electron chi connectivity index (χ3n) is 4.05. The van der Waals surface area contributed by atoms with Gasteiger partial charge in [0.2, 0.25) is 0 Å². The zero-order chi connectivity index (χ0) is 15.1. The van der Waals surface area contributed by atoms with E-state index in [4.69, 9.17) is 11.6 Å². The Morgan fingerprint density at radius 3 is 3.05 bits per heavy atom. The highest BCUT2D eigenvalue weighted by atomic mass is 35.5. The Labute approximate surface area is 132 Å². The number of rotatable bonds is 3. The van der Waals surface area contributed by atoms with Crippen molar-refractivity contribution in [2.24, 2.45) is 7.05 Å². The smallest absolute Gasteiger partial charge is 0.103 e. The fraction of sp³-hybridized carbons (Fsp3) is 0.333. The molecule has 4 rings (SSSR count). The molecule has 3 aromatic rings. The summed E-state index contributed by atoms with van der Waals surface area (Å²) in [5.41, 5.74) is 3.77. The largest absolute Gasteiger partial charge is 0.380 e. The Kier molecular flexibility index (Phi) is 3.28. The number of benzene rings is 1. The van der Waals surface area contributed by atoms with Crippen LogP contribution in [0.4, 0.5) is 5.69 Å². The molecule has 1 aliphatic heterocycles. The van der Waals surface area contributed by atoms with Crippen molar-refractivity contribution in [3.63, 3.8) is 0 Å². The summed E-state index contributed by atoms with van der Waals surface area (Å²) in [7, 11) is 1.90. The molecule has 22 heavy (non-hydrogen) atoms. The predicted molar refractivity (Wildman–Crippen MR) is 88.2 cm³/mol. The molecule has 0 aliphatic carbocycles. The standard InChI is InChI=1S/C15H17ClN6/c1-22-8-9(6-18-22)15-11-4-14(19-10-2-3-17-7-10)12(16)5-13(11)20-21-15/h4-6,8,10,17,19H,2-3,7H2,1H3,(H,20,21)/t10-/m1/s1. The van der Waals surface area contributed by atoms with Crippen molar-refractivity contribution in [3.8, 4) is 11.3 Å². The maximum absolute atomic E-state index is 6.39. The van der Waals surface area contributed by atoms with Crippen molar-refractivity contribution in [3.05, 3.63) is 29.5 Å². The number of hydrogen-bond donors (Lipinski definition) is 3. The number of nitrogens with zero attached hydrogens (tertiary/aromatic N) is 3. The highest BCUT2D eigenvalue weighted by Gasteiger charge is 2.17. The van der Waals surface area contributed by atoms with Gasteiger partial charge < -0.3 is 10.6 Å². The summed E-state index contributed by atoms with van der Waals surface area (Å²) in [5.74, 6) is 0. The first-order valence-corrected chi connectivity index (χ1v) is 7.72. The molecule has 0 bridgehead atoms. The number of hydrogen-bond acceptors (Lipinski definition) is 4. The van der Waals surface area contributed by atoms with Crippen LogP contribution in [0.25, 0.3) is 22.2 Å². The lowest BCUT2D eigenvalue weighted by Gasteiger charge is -2.14. The van der Waals surface area contributed by atoms with E-state index in [1.807, 2.05) is 25.5 Å². The minimum absolute atomic E-state index is 0.420. The number of fused-ring (bicyclic) bond motifs is 1. The summed E-state index contributed by atoms with van der Waals surface area (Å²) < 4.78 is 1.77. The Morgan fingerprint density at radius 2 is 2.32 bits per heavy atom. The lowest BCUT2D eigenvalue weighted by atomic mass is 10.1. The number of anilines is 1. The Hall–Kier alpha value is -2.05. The summed E-state index contributed by atoms with van der Waals surface area (Å²) in [6, 6.07) is 4.42. The molecule has 1 saturated heterocycles. The molecule has 114 valence electrons. The van der Waals surface area contributed by atoms with E-state index in [2.05, 4.69) is 32.0 Å². The topological polar surface area (TPSA) is 70.6 Å². The quantitative estimate of drug-likeness (QED) is 0.694. The molecule has 0 radical (unpaired) electrons. The van der Waals surface area contributed by atoms with E-state index in [9.17, 15) is 0 Å². The van der Waals surface area contributed by atoms with Crippen molar-refractivity contribution in [1.29, 1.82) is 0 Å². The maximum Gasteiger partial charge on any atom is 0.103 e. The summed E-state index contributed by atoms with van der Waals surface area (Å²) in [6.07, 6.45) is 4.88. The molecular formula is C15H17ClN6. The van der Waals surface area contributed by atoms with Gasteiger partial charge in [-0.1, -0.05) is 11.6 Å². The molecule has 7 heteroatoms. The molecular weight excluding hydrogens is 300 g/mol. The van der Waals surface area contributed by atoms with Crippen molar-refractivity contribution in [2.75, 3.05) is 18.4 Å². The molecule has 0 amide bonds. The van der Waals surface area contributed by atoms with Gasteiger partial charge in [-0.15, -0.1) is 0 Å². The van der Waals surface area contributed by atoms with Gasteiger partial charge in [0.05, 0.1) is 22.4 Å². The molecule has 0 spiro atoms. The number of halogens is 1. The van der Waals surface area contributed by atoms with E-state index < -0.39 is 0 Å². The fourth-order valence-electron chi connectivity index (χ4n) is 2.91. The Balaban J connectivity index is 1.76. The number of H-pyrrole nitrogens is 1. The van der Waals surface area contributed by atoms with Gasteiger partial charge in [0.1, 0.15) is 5.69 Å². The first-order valence-electron chi connectivity index (χ1n) is 7.34. The monoisotopic (exact) mass is 316 g/mol. The normalized spacial score (nSPS) is 18.2. The lowest BCUT2D eigenvalue weighted by Crippen LogP contribution is -2.22. The number of aromatic nitrogens is 4. The molecule has 1 atom stereocenters. The molecule has 3 heterocycles. The zero-order valence-electron chi connectivity index (χ0n) is 12.2. The molecule has 3 N–H and O–H groups in total. The van der Waals surface area contributed by atoms with Gasteiger partial charge in [-0.2, -0.15) is 10.2 Å². The molecule has 0 unspecified atom stereocenters. The summed E-state index contributed by atoms with van der Waals surface area (Å²) in [4.78, 5) is 0. The fourth-order valence-corrected chi connectivity index (χ4v) is 3.13. The average Bonchev–Trinajstić information content (AvgIpc) is 3.20. The Bertz CT molecular complexity index is 815. The van der Waals surface area contributed by atoms with Gasteiger partial charge >= 0.3 is 0 Å². The second kappa shape index (κ2) is 5.30. The minimum atomic E-state index is 0.420. The van der Waals surface area contributed by atoms with Crippen LogP contribution in [0, 0.1) is 0 Å². The van der Waals surface area contributed by atoms with E-state index in [1.165, 1.54) is 0 Å². The minimum Gasteiger partial charge on any atom is -0.380 e. The van der Waals surface area contributed by atoms with Gasteiger partial charge in [0.25, 0.3) is 0 Å². The van der Waals surface area contributed by atoms with E-state index in [-0.39, 0.29) is 0 Å². The highest BCUT2D eigenvalue weighted by Crippen LogP contribution is 2.33. The molecule has 1 fully saturated rings. The number of nitrogens with one attached hydrogen (secondary N) is 3. The predicted octanol–water partition coefficient (Wildman–Crippen LogP) is 2.39. The number of aryl methyl sites for hydroxylation is 1. The third-order valence-corrected chi connectivity index (χ3v) is 4.36. The highest BCUT2D eigenvalue weighted by molar-refractivity contribution is 6.34. The molecule has 2 aromatic heterocycles. The van der Waals surface area contributed by atoms with Gasteiger partial charge in [0, 0.05) is 36.8 Å². The van der Waals surface area contributed by atoms with E-state index in [0.717, 1.165) is 47.4 Å². The van der Waals surface area contributed by atoms with E-state index >= 15 is 0 Å². The maximum atomic E-state index is 6.39.